The summed E-state index contributed by atoms with van der Waals surface area (Å²) < 4.78 is 24.9. The number of hydrogen-bond acceptors (Lipinski definition) is 6. The van der Waals surface area contributed by atoms with E-state index in [0.29, 0.717) is 24.2 Å². The zero-order valence-corrected chi connectivity index (χ0v) is 15.3. The van der Waals surface area contributed by atoms with E-state index in [1.165, 1.54) is 7.11 Å². The molecule has 0 saturated carbocycles. The van der Waals surface area contributed by atoms with Crippen molar-refractivity contribution in [3.63, 3.8) is 0 Å². The van der Waals surface area contributed by atoms with Gasteiger partial charge in [-0.2, -0.15) is 0 Å². The highest BCUT2D eigenvalue weighted by Crippen LogP contribution is 2.34. The molecule has 0 saturated heterocycles. The maximum absolute atomic E-state index is 12.5. The molecular weight excluding hydrogens is 344 g/mol. The van der Waals surface area contributed by atoms with E-state index in [0.717, 1.165) is 11.8 Å². The second-order valence-electron chi connectivity index (χ2n) is 5.92. The van der Waals surface area contributed by atoms with Crippen molar-refractivity contribution in [1.82, 2.24) is 0 Å². The average molecular weight is 366 g/mol. The van der Waals surface area contributed by atoms with Gasteiger partial charge in [0, 0.05) is 18.5 Å². The third-order valence-electron chi connectivity index (χ3n) is 3.95. The van der Waals surface area contributed by atoms with Crippen LogP contribution in [0.3, 0.4) is 0 Å². The van der Waals surface area contributed by atoms with Crippen LogP contribution in [-0.4, -0.2) is 38.4 Å². The average Bonchev–Trinajstić information content (AvgIpc) is 2.52. The second-order valence-corrected chi connectivity index (χ2v) is 7.67. The van der Waals surface area contributed by atoms with Gasteiger partial charge in [0.05, 0.1) is 17.5 Å². The molecule has 8 heteroatoms. The molecule has 1 atom stereocenters. The molecule has 0 bridgehead atoms. The molecule has 1 aliphatic rings. The number of oxime groups is 1. The number of rotatable bonds is 6. The molecule has 1 aliphatic carbocycles. The maximum Gasteiger partial charge on any atom is 0.229 e. The van der Waals surface area contributed by atoms with Crippen LogP contribution in [0.25, 0.3) is 0 Å². The van der Waals surface area contributed by atoms with Crippen LogP contribution in [0.2, 0.25) is 0 Å². The molecule has 2 N–H and O–H groups in total. The largest absolute Gasteiger partial charge is 0.511 e. The lowest BCUT2D eigenvalue weighted by atomic mass is 9.81. The summed E-state index contributed by atoms with van der Waals surface area (Å²) in [6.45, 7) is 1.84. The number of sulfonamides is 1. The summed E-state index contributed by atoms with van der Waals surface area (Å²) in [5, 5.41) is 14.2. The summed E-state index contributed by atoms with van der Waals surface area (Å²) in [6.07, 6.45) is 2.14. The van der Waals surface area contributed by atoms with Gasteiger partial charge in [0.15, 0.2) is 5.78 Å². The molecule has 136 valence electrons. The van der Waals surface area contributed by atoms with Gasteiger partial charge in [-0.1, -0.05) is 24.2 Å². The number of benzene rings is 1. The zero-order valence-electron chi connectivity index (χ0n) is 14.4. The zero-order chi connectivity index (χ0) is 18.6. The molecule has 0 radical (unpaired) electrons. The number of carbonyl (C=O) groups is 1. The molecule has 0 spiro atoms. The Hall–Kier alpha value is -2.35. The monoisotopic (exact) mass is 366 g/mol. The molecule has 1 aromatic carbocycles. The number of Topliss-reactive ketones (excluding diaryl/α,β-unsaturated/α-hetero) is 1. The summed E-state index contributed by atoms with van der Waals surface area (Å²) in [5.74, 6) is -0.328. The lowest BCUT2D eigenvalue weighted by Crippen LogP contribution is -2.23. The van der Waals surface area contributed by atoms with Crippen LogP contribution in [-0.2, 0) is 19.7 Å². The fourth-order valence-corrected chi connectivity index (χ4v) is 3.46. The van der Waals surface area contributed by atoms with Gasteiger partial charge in [-0.15, -0.1) is 0 Å². The molecule has 0 fully saturated rings. The van der Waals surface area contributed by atoms with E-state index >= 15 is 0 Å². The summed E-state index contributed by atoms with van der Waals surface area (Å²) >= 11 is 0. The van der Waals surface area contributed by atoms with E-state index in [2.05, 4.69) is 9.88 Å². The van der Waals surface area contributed by atoms with Crippen LogP contribution in [0, 0.1) is 0 Å². The smallest absolute Gasteiger partial charge is 0.229 e. The first-order valence-electron chi connectivity index (χ1n) is 7.88. The van der Waals surface area contributed by atoms with Gasteiger partial charge in [0.2, 0.25) is 10.0 Å². The minimum Gasteiger partial charge on any atom is -0.511 e. The molecule has 2 rings (SSSR count). The van der Waals surface area contributed by atoms with Gasteiger partial charge in [0.1, 0.15) is 12.9 Å². The molecule has 1 aromatic rings. The molecule has 0 aromatic heterocycles. The van der Waals surface area contributed by atoms with Crippen LogP contribution < -0.4 is 4.72 Å². The van der Waals surface area contributed by atoms with Crippen LogP contribution in [0.4, 0.5) is 5.69 Å². The van der Waals surface area contributed by atoms with Crippen molar-refractivity contribution < 1.29 is 23.2 Å². The highest BCUT2D eigenvalue weighted by atomic mass is 32.2. The Bertz CT molecular complexity index is 810. The van der Waals surface area contributed by atoms with E-state index in [-0.39, 0.29) is 29.5 Å². The Kier molecular flexibility index (Phi) is 5.84. The number of nitrogens with one attached hydrogen (secondary N) is 1. The number of anilines is 1. The van der Waals surface area contributed by atoms with Gasteiger partial charge >= 0.3 is 0 Å². The minimum absolute atomic E-state index is 0.0113. The predicted molar refractivity (Wildman–Crippen MR) is 96.3 cm³/mol. The van der Waals surface area contributed by atoms with Gasteiger partial charge in [0.25, 0.3) is 0 Å². The Morgan fingerprint density at radius 2 is 1.96 bits per heavy atom. The summed E-state index contributed by atoms with van der Waals surface area (Å²) in [4.78, 5) is 17.2. The number of hydrogen-bond donors (Lipinski definition) is 2. The van der Waals surface area contributed by atoms with Crippen LogP contribution in [0.1, 0.15) is 37.7 Å². The number of carbonyl (C=O) groups excluding carboxylic acids is 1. The Labute approximate surface area is 147 Å². The first-order chi connectivity index (χ1) is 11.7. The molecule has 0 heterocycles. The second kappa shape index (κ2) is 7.69. The summed E-state index contributed by atoms with van der Waals surface area (Å²) in [7, 11) is -1.94. The van der Waals surface area contributed by atoms with Crippen LogP contribution >= 0.6 is 0 Å². The lowest BCUT2D eigenvalue weighted by Gasteiger charge is -2.24. The van der Waals surface area contributed by atoms with E-state index in [1.807, 2.05) is 6.92 Å². The van der Waals surface area contributed by atoms with Crippen molar-refractivity contribution in [2.45, 2.75) is 32.1 Å². The third-order valence-corrected chi connectivity index (χ3v) is 4.56. The van der Waals surface area contributed by atoms with Crippen molar-refractivity contribution in [2.75, 3.05) is 18.1 Å². The molecular formula is C17H22N2O5S. The molecule has 7 nitrogen and oxygen atoms in total. The van der Waals surface area contributed by atoms with Crippen molar-refractivity contribution in [1.29, 1.82) is 0 Å². The van der Waals surface area contributed by atoms with Gasteiger partial charge in [-0.3, -0.25) is 9.52 Å². The molecule has 0 aliphatic heterocycles. The number of aliphatic hydroxyl groups is 1. The van der Waals surface area contributed by atoms with Crippen LogP contribution in [0.5, 0.6) is 0 Å². The minimum atomic E-state index is -3.33. The van der Waals surface area contributed by atoms with Crippen molar-refractivity contribution >= 4 is 27.2 Å². The lowest BCUT2D eigenvalue weighted by molar-refractivity contribution is -0.116. The standard InChI is InChI=1S/C17H22N2O5S/c1-4-14(18-24-2)17-15(20)9-12(10-16(17)21)11-5-7-13(8-6-11)19-25(3,22)23/h5-8,12,19-20H,4,9-10H2,1-3H3. The van der Waals surface area contributed by atoms with Crippen LogP contribution in [0.15, 0.2) is 40.8 Å². The third kappa shape index (κ3) is 4.82. The molecule has 0 amide bonds. The fraction of sp³-hybridized carbons (Fsp3) is 0.412. The Morgan fingerprint density at radius 3 is 2.44 bits per heavy atom. The van der Waals surface area contributed by atoms with Crippen molar-refractivity contribution in [2.24, 2.45) is 5.16 Å². The van der Waals surface area contributed by atoms with E-state index in [9.17, 15) is 18.3 Å². The normalized spacial score (nSPS) is 19.1. The highest BCUT2D eigenvalue weighted by molar-refractivity contribution is 7.92. The first kappa shape index (κ1) is 19.0. The van der Waals surface area contributed by atoms with Crippen molar-refractivity contribution in [3.05, 3.63) is 41.2 Å². The quantitative estimate of drug-likeness (QED) is 0.595. The SMILES string of the molecule is CCC(=NOC)C1=C(O)CC(c2ccc(NS(C)(=O)=O)cc2)CC1=O. The molecule has 1 unspecified atom stereocenters. The predicted octanol–water partition coefficient (Wildman–Crippen LogP) is 2.73. The summed E-state index contributed by atoms with van der Waals surface area (Å²) in [5.41, 5.74) is 2.00. The Balaban J connectivity index is 2.23. The number of ketones is 1. The summed E-state index contributed by atoms with van der Waals surface area (Å²) in [6, 6.07) is 6.80. The number of aliphatic hydroxyl groups excluding tert-OH is 1. The maximum atomic E-state index is 12.5. The van der Waals surface area contributed by atoms with E-state index in [1.54, 1.807) is 24.3 Å². The Morgan fingerprint density at radius 1 is 1.32 bits per heavy atom. The van der Waals surface area contributed by atoms with Gasteiger partial charge < -0.3 is 9.94 Å². The number of allylic oxidation sites excluding steroid dienone is 2. The van der Waals surface area contributed by atoms with Gasteiger partial charge in [-0.25, -0.2) is 8.42 Å². The number of nitrogens with zero attached hydrogens (tertiary/aromatic N) is 1. The topological polar surface area (TPSA) is 105 Å². The first-order valence-corrected chi connectivity index (χ1v) is 9.77. The molecule has 25 heavy (non-hydrogen) atoms. The highest BCUT2D eigenvalue weighted by Gasteiger charge is 2.31. The van der Waals surface area contributed by atoms with Crippen molar-refractivity contribution in [3.8, 4) is 0 Å². The van der Waals surface area contributed by atoms with E-state index in [4.69, 9.17) is 4.84 Å². The fourth-order valence-electron chi connectivity index (χ4n) is 2.89. The van der Waals surface area contributed by atoms with Gasteiger partial charge in [-0.05, 0) is 30.0 Å². The van der Waals surface area contributed by atoms with E-state index < -0.39 is 10.0 Å².